The lowest BCUT2D eigenvalue weighted by molar-refractivity contribution is -0.143. The Balaban J connectivity index is 1.64. The van der Waals surface area contributed by atoms with E-state index in [4.69, 9.17) is 4.74 Å². The average Bonchev–Trinajstić information content (AvgIpc) is 2.95. The van der Waals surface area contributed by atoms with E-state index in [0.717, 1.165) is 32.8 Å². The second-order valence-electron chi connectivity index (χ2n) is 9.44. The van der Waals surface area contributed by atoms with Gasteiger partial charge in [-0.2, -0.15) is 0 Å². The molecule has 0 saturated carbocycles. The fourth-order valence-corrected chi connectivity index (χ4v) is 4.59. The molecular weight excluding hydrogens is 540 g/mol. The molecule has 0 aromatic heterocycles. The summed E-state index contributed by atoms with van der Waals surface area (Å²) in [6.07, 6.45) is 1.20. The van der Waals surface area contributed by atoms with Crippen molar-refractivity contribution in [3.8, 4) is 5.75 Å². The van der Waals surface area contributed by atoms with Gasteiger partial charge in [0.1, 0.15) is 11.8 Å². The highest BCUT2D eigenvalue weighted by Crippen LogP contribution is 2.25. The van der Waals surface area contributed by atoms with Gasteiger partial charge in [0.25, 0.3) is 5.91 Å². The standard InChI is InChI=1S/C32H33BrN2O3/c1-3-23(2)34-32(37)29(20-24-10-5-4-6-11-24)35(21-25-16-18-27(33)19-17-25)31(36)22-38-30-15-9-13-26-12-7-8-14-28(26)30/h4-19,23,29H,3,20-22H2,1-2H3,(H,34,37)/t23-,29-/m0/s1. The number of carbonyl (C=O) groups excluding carboxylic acids is 2. The molecular formula is C32H33BrN2O3. The zero-order chi connectivity index (χ0) is 26.9. The second kappa shape index (κ2) is 13.2. The SMILES string of the molecule is CC[C@H](C)NC(=O)[C@H](Cc1ccccc1)N(Cc1ccc(Br)cc1)C(=O)COc1cccc2ccccc12. The van der Waals surface area contributed by atoms with Gasteiger partial charge in [-0.3, -0.25) is 9.59 Å². The molecule has 0 saturated heterocycles. The first kappa shape index (κ1) is 27.4. The Morgan fingerprint density at radius 1 is 0.868 bits per heavy atom. The predicted octanol–water partition coefficient (Wildman–Crippen LogP) is 6.54. The number of nitrogens with one attached hydrogen (secondary N) is 1. The minimum Gasteiger partial charge on any atom is -0.483 e. The lowest BCUT2D eigenvalue weighted by atomic mass is 10.0. The molecule has 0 spiro atoms. The van der Waals surface area contributed by atoms with Crippen molar-refractivity contribution >= 4 is 38.5 Å². The van der Waals surface area contributed by atoms with Gasteiger partial charge >= 0.3 is 0 Å². The summed E-state index contributed by atoms with van der Waals surface area (Å²) in [5.41, 5.74) is 1.92. The Kier molecular flexibility index (Phi) is 9.55. The van der Waals surface area contributed by atoms with E-state index in [1.165, 1.54) is 0 Å². The van der Waals surface area contributed by atoms with Gasteiger partial charge in [0.2, 0.25) is 5.91 Å². The first-order chi connectivity index (χ1) is 18.4. The van der Waals surface area contributed by atoms with Crippen LogP contribution in [-0.2, 0) is 22.6 Å². The molecule has 4 aromatic carbocycles. The lowest BCUT2D eigenvalue weighted by Gasteiger charge is -2.32. The summed E-state index contributed by atoms with van der Waals surface area (Å²) in [6.45, 7) is 4.12. The fourth-order valence-electron chi connectivity index (χ4n) is 4.33. The molecule has 38 heavy (non-hydrogen) atoms. The first-order valence-electron chi connectivity index (χ1n) is 12.9. The quantitative estimate of drug-likeness (QED) is 0.222. The van der Waals surface area contributed by atoms with Crippen molar-refractivity contribution in [1.82, 2.24) is 10.2 Å². The van der Waals surface area contributed by atoms with Gasteiger partial charge in [0, 0.05) is 28.9 Å². The Labute approximate surface area is 232 Å². The van der Waals surface area contributed by atoms with E-state index in [1.54, 1.807) is 4.90 Å². The van der Waals surface area contributed by atoms with E-state index in [0.29, 0.717) is 12.2 Å². The van der Waals surface area contributed by atoms with Crippen LogP contribution in [0.5, 0.6) is 5.75 Å². The van der Waals surface area contributed by atoms with Crippen molar-refractivity contribution in [2.75, 3.05) is 6.61 Å². The molecule has 0 unspecified atom stereocenters. The van der Waals surface area contributed by atoms with Gasteiger partial charge in [0.15, 0.2) is 6.61 Å². The third-order valence-electron chi connectivity index (χ3n) is 6.64. The normalized spacial score (nSPS) is 12.5. The zero-order valence-corrected chi connectivity index (χ0v) is 23.4. The number of ether oxygens (including phenoxy) is 1. The van der Waals surface area contributed by atoms with Crippen LogP contribution in [0.15, 0.2) is 102 Å². The third-order valence-corrected chi connectivity index (χ3v) is 7.17. The first-order valence-corrected chi connectivity index (χ1v) is 13.7. The van der Waals surface area contributed by atoms with Crippen LogP contribution in [0.4, 0.5) is 0 Å². The number of halogens is 1. The highest BCUT2D eigenvalue weighted by Gasteiger charge is 2.31. The Morgan fingerprint density at radius 2 is 1.55 bits per heavy atom. The number of hydrogen-bond acceptors (Lipinski definition) is 3. The molecule has 196 valence electrons. The van der Waals surface area contributed by atoms with Crippen LogP contribution in [0.25, 0.3) is 10.8 Å². The smallest absolute Gasteiger partial charge is 0.261 e. The van der Waals surface area contributed by atoms with Gasteiger partial charge in [-0.1, -0.05) is 102 Å². The summed E-state index contributed by atoms with van der Waals surface area (Å²) >= 11 is 3.48. The molecule has 4 rings (SSSR count). The molecule has 2 atom stereocenters. The summed E-state index contributed by atoms with van der Waals surface area (Å²) in [5, 5.41) is 5.08. The van der Waals surface area contributed by atoms with Crippen molar-refractivity contribution < 1.29 is 14.3 Å². The van der Waals surface area contributed by atoms with Gasteiger partial charge in [-0.25, -0.2) is 0 Å². The van der Waals surface area contributed by atoms with Gasteiger partial charge in [-0.15, -0.1) is 0 Å². The van der Waals surface area contributed by atoms with Crippen LogP contribution in [0.2, 0.25) is 0 Å². The number of hydrogen-bond donors (Lipinski definition) is 1. The van der Waals surface area contributed by atoms with E-state index in [2.05, 4.69) is 21.2 Å². The largest absolute Gasteiger partial charge is 0.483 e. The zero-order valence-electron chi connectivity index (χ0n) is 21.8. The number of amides is 2. The van der Waals surface area contributed by atoms with Crippen LogP contribution in [0, 0.1) is 0 Å². The molecule has 0 aliphatic rings. The molecule has 0 fully saturated rings. The molecule has 0 bridgehead atoms. The second-order valence-corrected chi connectivity index (χ2v) is 10.4. The minimum atomic E-state index is -0.696. The molecule has 0 radical (unpaired) electrons. The molecule has 6 heteroatoms. The molecule has 4 aromatic rings. The Bertz CT molecular complexity index is 1350. The fraction of sp³-hybridized carbons (Fsp3) is 0.250. The highest BCUT2D eigenvalue weighted by atomic mass is 79.9. The van der Waals surface area contributed by atoms with Crippen molar-refractivity contribution in [3.63, 3.8) is 0 Å². The van der Waals surface area contributed by atoms with Gasteiger partial charge < -0.3 is 15.0 Å². The maximum Gasteiger partial charge on any atom is 0.261 e. The van der Waals surface area contributed by atoms with Crippen LogP contribution >= 0.6 is 15.9 Å². The van der Waals surface area contributed by atoms with Crippen molar-refractivity contribution in [1.29, 1.82) is 0 Å². The summed E-state index contributed by atoms with van der Waals surface area (Å²) in [4.78, 5) is 29.1. The molecule has 2 amide bonds. The van der Waals surface area contributed by atoms with Gasteiger partial charge in [-0.05, 0) is 48.1 Å². The number of carbonyl (C=O) groups is 2. The van der Waals surface area contributed by atoms with E-state index < -0.39 is 6.04 Å². The van der Waals surface area contributed by atoms with Crippen LogP contribution < -0.4 is 10.1 Å². The number of nitrogens with zero attached hydrogens (tertiary/aromatic N) is 1. The lowest BCUT2D eigenvalue weighted by Crippen LogP contribution is -2.53. The Hall–Kier alpha value is -3.64. The molecule has 1 N–H and O–H groups in total. The number of benzene rings is 4. The maximum absolute atomic E-state index is 13.8. The molecule has 5 nitrogen and oxygen atoms in total. The van der Waals surface area contributed by atoms with E-state index in [1.807, 2.05) is 111 Å². The van der Waals surface area contributed by atoms with E-state index in [-0.39, 0.29) is 31.0 Å². The van der Waals surface area contributed by atoms with Crippen LogP contribution in [-0.4, -0.2) is 35.4 Å². The highest BCUT2D eigenvalue weighted by molar-refractivity contribution is 9.10. The molecule has 0 aliphatic carbocycles. The van der Waals surface area contributed by atoms with Gasteiger partial charge in [0.05, 0.1) is 0 Å². The minimum absolute atomic E-state index is 0.00246. The summed E-state index contributed by atoms with van der Waals surface area (Å²) in [5.74, 6) is 0.226. The number of fused-ring (bicyclic) bond motifs is 1. The monoisotopic (exact) mass is 572 g/mol. The van der Waals surface area contributed by atoms with Crippen LogP contribution in [0.1, 0.15) is 31.4 Å². The third kappa shape index (κ3) is 7.23. The molecule has 0 heterocycles. The molecule has 0 aliphatic heterocycles. The summed E-state index contributed by atoms with van der Waals surface area (Å²) in [7, 11) is 0. The van der Waals surface area contributed by atoms with Crippen molar-refractivity contribution in [3.05, 3.63) is 113 Å². The van der Waals surface area contributed by atoms with Crippen molar-refractivity contribution in [2.45, 2.75) is 45.3 Å². The van der Waals surface area contributed by atoms with E-state index >= 15 is 0 Å². The Morgan fingerprint density at radius 3 is 2.29 bits per heavy atom. The topological polar surface area (TPSA) is 58.6 Å². The van der Waals surface area contributed by atoms with E-state index in [9.17, 15) is 9.59 Å². The summed E-state index contributed by atoms with van der Waals surface area (Å²) < 4.78 is 7.02. The average molecular weight is 574 g/mol. The maximum atomic E-state index is 13.8. The predicted molar refractivity (Wildman–Crippen MR) is 156 cm³/mol. The van der Waals surface area contributed by atoms with Crippen LogP contribution in [0.3, 0.4) is 0 Å². The number of rotatable bonds is 11. The van der Waals surface area contributed by atoms with Crippen molar-refractivity contribution in [2.24, 2.45) is 0 Å². The summed E-state index contributed by atoms with van der Waals surface area (Å²) in [6, 6.07) is 30.6.